The lowest BCUT2D eigenvalue weighted by atomic mass is 9.97. The summed E-state index contributed by atoms with van der Waals surface area (Å²) in [6.45, 7) is 0. The van der Waals surface area contributed by atoms with Crippen molar-refractivity contribution >= 4 is 74.9 Å². The zero-order valence-electron chi connectivity index (χ0n) is 27.9. The highest BCUT2D eigenvalue weighted by Crippen LogP contribution is 2.45. The van der Waals surface area contributed by atoms with Crippen LogP contribution in [0.4, 0.5) is 0 Å². The van der Waals surface area contributed by atoms with Crippen LogP contribution in [0.25, 0.3) is 103 Å². The summed E-state index contributed by atoms with van der Waals surface area (Å²) in [5, 5.41) is 9.61. The van der Waals surface area contributed by atoms with E-state index in [2.05, 4.69) is 138 Å². The number of fused-ring (bicyclic) bond motifs is 8. The molecule has 4 nitrogen and oxygen atoms in total. The van der Waals surface area contributed by atoms with Crippen LogP contribution >= 0.6 is 11.3 Å². The van der Waals surface area contributed by atoms with Crippen molar-refractivity contribution in [1.29, 1.82) is 0 Å². The minimum atomic E-state index is 0.656. The van der Waals surface area contributed by atoms with E-state index in [-0.39, 0.29) is 0 Å². The van der Waals surface area contributed by atoms with E-state index in [4.69, 9.17) is 15.0 Å². The van der Waals surface area contributed by atoms with E-state index in [1.165, 1.54) is 47.4 Å². The first-order valence-corrected chi connectivity index (χ1v) is 18.3. The van der Waals surface area contributed by atoms with Crippen molar-refractivity contribution in [2.24, 2.45) is 0 Å². The molecule has 8 aromatic carbocycles. The molecule has 0 aliphatic rings. The van der Waals surface area contributed by atoms with E-state index in [0.29, 0.717) is 17.5 Å². The minimum Gasteiger partial charge on any atom is -0.309 e. The molecule has 3 aromatic heterocycles. The first-order valence-electron chi connectivity index (χ1n) is 17.4. The second-order valence-electron chi connectivity index (χ2n) is 13.2. The van der Waals surface area contributed by atoms with Crippen LogP contribution in [-0.4, -0.2) is 19.5 Å². The summed E-state index contributed by atoms with van der Waals surface area (Å²) in [4.78, 5) is 15.5. The predicted octanol–water partition coefficient (Wildman–Crippen LogP) is 12.6. The molecule has 242 valence electrons. The number of hydrogen-bond donors (Lipinski definition) is 0. The summed E-state index contributed by atoms with van der Waals surface area (Å²) >= 11 is 1.82. The Morgan fingerprint density at radius 1 is 0.385 bits per heavy atom. The number of benzene rings is 8. The van der Waals surface area contributed by atoms with Crippen molar-refractivity contribution in [2.45, 2.75) is 0 Å². The molecule has 0 unspecified atom stereocenters. The molecule has 0 aliphatic carbocycles. The van der Waals surface area contributed by atoms with Crippen LogP contribution in [0.3, 0.4) is 0 Å². The molecule has 11 aromatic rings. The lowest BCUT2D eigenvalue weighted by Gasteiger charge is -2.13. The summed E-state index contributed by atoms with van der Waals surface area (Å²) < 4.78 is 4.85. The maximum absolute atomic E-state index is 5.25. The highest BCUT2D eigenvalue weighted by molar-refractivity contribution is 7.26. The standard InChI is InChI=1S/C47H28N4S/c1-3-13-29(14-4-1)45-48-46(30-15-5-2-6-16-30)50-47(49-45)44-35-20-10-9-19-33(35)27-42-43(44)38-28-34(23-24-41(38)52-42)51-39-22-12-11-21-36(39)37-25-31-17-7-8-18-32(31)26-40(37)51/h1-28H. The molecule has 5 heteroatoms. The molecule has 0 saturated carbocycles. The molecule has 0 aliphatic heterocycles. The van der Waals surface area contributed by atoms with E-state index in [9.17, 15) is 0 Å². The maximum Gasteiger partial charge on any atom is 0.165 e. The predicted molar refractivity (Wildman–Crippen MR) is 218 cm³/mol. The molecule has 3 heterocycles. The fourth-order valence-electron chi connectivity index (χ4n) is 7.82. The molecule has 0 atom stereocenters. The average Bonchev–Trinajstić information content (AvgIpc) is 3.73. The topological polar surface area (TPSA) is 43.6 Å². The van der Waals surface area contributed by atoms with Crippen LogP contribution < -0.4 is 0 Å². The van der Waals surface area contributed by atoms with Crippen molar-refractivity contribution in [1.82, 2.24) is 19.5 Å². The second kappa shape index (κ2) is 11.4. The Kier molecular flexibility index (Phi) is 6.39. The van der Waals surface area contributed by atoms with Gasteiger partial charge < -0.3 is 4.57 Å². The molecule has 11 rings (SSSR count). The quantitative estimate of drug-likeness (QED) is 0.186. The van der Waals surface area contributed by atoms with Crippen molar-refractivity contribution < 1.29 is 0 Å². The number of rotatable bonds is 4. The number of nitrogens with zero attached hydrogens (tertiary/aromatic N) is 4. The highest BCUT2D eigenvalue weighted by atomic mass is 32.1. The van der Waals surface area contributed by atoms with Crippen LogP contribution in [0.2, 0.25) is 0 Å². The second-order valence-corrected chi connectivity index (χ2v) is 14.3. The van der Waals surface area contributed by atoms with Crippen LogP contribution in [0, 0.1) is 0 Å². The van der Waals surface area contributed by atoms with Gasteiger partial charge in [-0.15, -0.1) is 11.3 Å². The summed E-state index contributed by atoms with van der Waals surface area (Å²) in [7, 11) is 0. The third-order valence-electron chi connectivity index (χ3n) is 10.2. The van der Waals surface area contributed by atoms with Crippen LogP contribution in [0.5, 0.6) is 0 Å². The van der Waals surface area contributed by atoms with Gasteiger partial charge in [-0.1, -0.05) is 127 Å². The van der Waals surface area contributed by atoms with E-state index in [0.717, 1.165) is 38.5 Å². The van der Waals surface area contributed by atoms with Gasteiger partial charge in [0.2, 0.25) is 0 Å². The molecular weight excluding hydrogens is 653 g/mol. The molecular formula is C47H28N4S. The fourth-order valence-corrected chi connectivity index (χ4v) is 8.96. The summed E-state index contributed by atoms with van der Waals surface area (Å²) in [5.41, 5.74) is 6.45. The van der Waals surface area contributed by atoms with Gasteiger partial charge in [0.1, 0.15) is 0 Å². The Morgan fingerprint density at radius 3 is 1.71 bits per heavy atom. The highest BCUT2D eigenvalue weighted by Gasteiger charge is 2.21. The summed E-state index contributed by atoms with van der Waals surface area (Å²) in [6, 6.07) is 60.3. The van der Waals surface area contributed by atoms with E-state index in [1.807, 2.05) is 47.7 Å². The lowest BCUT2D eigenvalue weighted by molar-refractivity contribution is 1.08. The van der Waals surface area contributed by atoms with Gasteiger partial charge in [-0.05, 0) is 64.0 Å². The Bertz CT molecular complexity index is 3120. The number of thiophene rings is 1. The number of aromatic nitrogens is 4. The van der Waals surface area contributed by atoms with Gasteiger partial charge in [0, 0.05) is 53.3 Å². The lowest BCUT2D eigenvalue weighted by Crippen LogP contribution is -2.01. The molecule has 52 heavy (non-hydrogen) atoms. The molecule has 0 spiro atoms. The molecule has 0 bridgehead atoms. The van der Waals surface area contributed by atoms with Gasteiger partial charge in [0.25, 0.3) is 0 Å². The van der Waals surface area contributed by atoms with Crippen LogP contribution in [-0.2, 0) is 0 Å². The Morgan fingerprint density at radius 2 is 0.981 bits per heavy atom. The van der Waals surface area contributed by atoms with Gasteiger partial charge in [0.15, 0.2) is 17.5 Å². The van der Waals surface area contributed by atoms with Crippen molar-refractivity contribution in [2.75, 3.05) is 0 Å². The molecule has 0 radical (unpaired) electrons. The normalized spacial score (nSPS) is 11.8. The monoisotopic (exact) mass is 680 g/mol. The maximum atomic E-state index is 5.25. The molecule has 0 amide bonds. The summed E-state index contributed by atoms with van der Waals surface area (Å²) in [6.07, 6.45) is 0. The smallest absolute Gasteiger partial charge is 0.165 e. The van der Waals surface area contributed by atoms with E-state index >= 15 is 0 Å². The Labute approximate surface area is 302 Å². The zero-order valence-corrected chi connectivity index (χ0v) is 28.7. The molecule has 0 saturated heterocycles. The van der Waals surface area contributed by atoms with E-state index in [1.54, 1.807) is 0 Å². The average molecular weight is 681 g/mol. The Hall–Kier alpha value is -6.69. The first kappa shape index (κ1) is 29.1. The SMILES string of the molecule is c1ccc(-c2nc(-c3ccccc3)nc(-c3c4ccccc4cc4sc5ccc(-n6c7ccccc7c7cc8ccccc8cc76)cc5c34)n2)cc1. The third kappa shape index (κ3) is 4.50. The van der Waals surface area contributed by atoms with E-state index < -0.39 is 0 Å². The Balaban J connectivity index is 1.23. The summed E-state index contributed by atoms with van der Waals surface area (Å²) in [5.74, 6) is 1.98. The van der Waals surface area contributed by atoms with Crippen molar-refractivity contribution in [3.8, 4) is 39.9 Å². The van der Waals surface area contributed by atoms with Gasteiger partial charge in [0.05, 0.1) is 11.0 Å². The molecule has 0 fully saturated rings. The van der Waals surface area contributed by atoms with Gasteiger partial charge in [-0.3, -0.25) is 0 Å². The van der Waals surface area contributed by atoms with Crippen LogP contribution in [0.1, 0.15) is 0 Å². The zero-order chi connectivity index (χ0) is 34.2. The number of hydrogen-bond acceptors (Lipinski definition) is 4. The van der Waals surface area contributed by atoms with Gasteiger partial charge >= 0.3 is 0 Å². The minimum absolute atomic E-state index is 0.656. The fraction of sp³-hybridized carbons (Fsp3) is 0. The first-order chi connectivity index (χ1) is 25.8. The van der Waals surface area contributed by atoms with Crippen molar-refractivity contribution in [3.63, 3.8) is 0 Å². The van der Waals surface area contributed by atoms with Gasteiger partial charge in [-0.2, -0.15) is 0 Å². The van der Waals surface area contributed by atoms with Crippen molar-refractivity contribution in [3.05, 3.63) is 170 Å². The molecule has 0 N–H and O–H groups in total. The number of para-hydroxylation sites is 1. The largest absolute Gasteiger partial charge is 0.309 e. The van der Waals surface area contributed by atoms with Gasteiger partial charge in [-0.25, -0.2) is 15.0 Å². The third-order valence-corrected chi connectivity index (χ3v) is 11.3. The van der Waals surface area contributed by atoms with Crippen LogP contribution in [0.15, 0.2) is 170 Å².